The Morgan fingerprint density at radius 3 is 2.32 bits per heavy atom. The summed E-state index contributed by atoms with van der Waals surface area (Å²) in [4.78, 5) is 23.9. The van der Waals surface area contributed by atoms with Crippen molar-refractivity contribution in [1.29, 1.82) is 0 Å². The fraction of sp³-hybridized carbons (Fsp3) is 0.368. The number of hydrazine groups is 1. The molecule has 2 aromatic rings. The van der Waals surface area contributed by atoms with Gasteiger partial charge in [-0.3, -0.25) is 25.8 Å². The third-order valence-corrected chi connectivity index (χ3v) is 5.06. The van der Waals surface area contributed by atoms with Crippen molar-refractivity contribution in [3.05, 3.63) is 57.8 Å². The summed E-state index contributed by atoms with van der Waals surface area (Å²) in [5, 5.41) is 5.29. The Balaban J connectivity index is 2.09. The molecule has 0 spiro atoms. The van der Waals surface area contributed by atoms with Gasteiger partial charge in [-0.25, -0.2) is 0 Å². The number of amides is 2. The van der Waals surface area contributed by atoms with Gasteiger partial charge in [0.25, 0.3) is 5.91 Å². The molecule has 3 N–H and O–H groups in total. The Morgan fingerprint density at radius 2 is 1.76 bits per heavy atom. The van der Waals surface area contributed by atoms with Gasteiger partial charge in [-0.15, -0.1) is 11.3 Å². The van der Waals surface area contributed by atoms with Crippen LogP contribution in [0.25, 0.3) is 0 Å². The quantitative estimate of drug-likeness (QED) is 0.665. The number of hydrogen-bond acceptors (Lipinski definition) is 4. The molecule has 134 valence electrons. The van der Waals surface area contributed by atoms with Crippen LogP contribution in [0.2, 0.25) is 0 Å². The maximum atomic E-state index is 11.9. The Labute approximate surface area is 152 Å². The second-order valence-corrected chi connectivity index (χ2v) is 7.01. The largest absolute Gasteiger partial charge is 0.297 e. The number of benzene rings is 1. The SMILES string of the molecule is CC[C@@H](C)c1ccc([C@@H](NCC(=O)NNC(C)=O)c2cccs2)cc1. The molecule has 6 heteroatoms. The fourth-order valence-electron chi connectivity index (χ4n) is 2.49. The number of thiophene rings is 1. The standard InChI is InChI=1S/C19H25N3O2S/c1-4-13(2)15-7-9-16(10-8-15)19(17-6-5-11-25-17)20-12-18(24)22-21-14(3)23/h5-11,13,19-20H,4,12H2,1-3H3,(H,21,23)(H,22,24)/t13-,19-/m1/s1. The van der Waals surface area contributed by atoms with Gasteiger partial charge in [0.2, 0.25) is 5.91 Å². The molecular weight excluding hydrogens is 334 g/mol. The van der Waals surface area contributed by atoms with E-state index in [-0.39, 0.29) is 24.4 Å². The van der Waals surface area contributed by atoms with Crippen LogP contribution in [0.5, 0.6) is 0 Å². The molecule has 1 heterocycles. The van der Waals surface area contributed by atoms with Crippen LogP contribution in [0.4, 0.5) is 0 Å². The highest BCUT2D eigenvalue weighted by molar-refractivity contribution is 7.10. The van der Waals surface area contributed by atoms with Gasteiger partial charge < -0.3 is 0 Å². The molecule has 1 aromatic carbocycles. The molecule has 0 bridgehead atoms. The maximum Gasteiger partial charge on any atom is 0.252 e. The first kappa shape index (κ1) is 19.1. The summed E-state index contributed by atoms with van der Waals surface area (Å²) in [6.45, 7) is 5.86. The number of carbonyl (C=O) groups excluding carboxylic acids is 2. The minimum Gasteiger partial charge on any atom is -0.297 e. The molecular formula is C19H25N3O2S. The van der Waals surface area contributed by atoms with E-state index in [1.807, 2.05) is 11.4 Å². The van der Waals surface area contributed by atoms with Gasteiger partial charge in [-0.1, -0.05) is 44.2 Å². The monoisotopic (exact) mass is 359 g/mol. The molecule has 2 atom stereocenters. The summed E-state index contributed by atoms with van der Waals surface area (Å²) >= 11 is 1.65. The highest BCUT2D eigenvalue weighted by Gasteiger charge is 2.16. The highest BCUT2D eigenvalue weighted by atomic mass is 32.1. The van der Waals surface area contributed by atoms with Crippen LogP contribution in [-0.4, -0.2) is 18.4 Å². The van der Waals surface area contributed by atoms with Crippen molar-refractivity contribution in [3.8, 4) is 0 Å². The van der Waals surface area contributed by atoms with Gasteiger partial charge in [0.1, 0.15) is 0 Å². The third-order valence-electron chi connectivity index (χ3n) is 4.12. The lowest BCUT2D eigenvalue weighted by molar-refractivity contribution is -0.127. The van der Waals surface area contributed by atoms with Crippen LogP contribution in [0.15, 0.2) is 41.8 Å². The average molecular weight is 359 g/mol. The highest BCUT2D eigenvalue weighted by Crippen LogP contribution is 2.27. The van der Waals surface area contributed by atoms with E-state index in [2.05, 4.69) is 60.3 Å². The number of nitrogens with one attached hydrogen (secondary N) is 3. The molecule has 5 nitrogen and oxygen atoms in total. The molecule has 0 saturated carbocycles. The second kappa shape index (κ2) is 9.34. The zero-order valence-electron chi connectivity index (χ0n) is 14.8. The molecule has 0 aliphatic heterocycles. The van der Waals surface area contributed by atoms with Crippen molar-refractivity contribution in [2.75, 3.05) is 6.54 Å². The first-order valence-corrected chi connectivity index (χ1v) is 9.31. The summed E-state index contributed by atoms with van der Waals surface area (Å²) in [6.07, 6.45) is 1.11. The van der Waals surface area contributed by atoms with E-state index in [4.69, 9.17) is 0 Å². The van der Waals surface area contributed by atoms with E-state index in [9.17, 15) is 9.59 Å². The van der Waals surface area contributed by atoms with Crippen LogP contribution in [0.3, 0.4) is 0 Å². The van der Waals surface area contributed by atoms with E-state index in [0.29, 0.717) is 5.92 Å². The molecule has 0 aliphatic carbocycles. The fourth-order valence-corrected chi connectivity index (χ4v) is 3.31. The summed E-state index contributed by atoms with van der Waals surface area (Å²) in [6, 6.07) is 12.5. The van der Waals surface area contributed by atoms with Gasteiger partial charge in [0.15, 0.2) is 0 Å². The summed E-state index contributed by atoms with van der Waals surface area (Å²) in [5.41, 5.74) is 7.09. The van der Waals surface area contributed by atoms with Gasteiger partial charge in [-0.05, 0) is 34.9 Å². The van der Waals surface area contributed by atoms with E-state index in [0.717, 1.165) is 16.9 Å². The molecule has 2 rings (SSSR count). The van der Waals surface area contributed by atoms with Gasteiger partial charge in [0, 0.05) is 11.8 Å². The van der Waals surface area contributed by atoms with E-state index < -0.39 is 0 Å². The Morgan fingerprint density at radius 1 is 1.08 bits per heavy atom. The minimum atomic E-state index is -0.302. The molecule has 0 saturated heterocycles. The summed E-state index contributed by atoms with van der Waals surface area (Å²) < 4.78 is 0. The van der Waals surface area contributed by atoms with Crippen molar-refractivity contribution >= 4 is 23.2 Å². The Bertz CT molecular complexity index is 683. The van der Waals surface area contributed by atoms with E-state index in [1.165, 1.54) is 12.5 Å². The molecule has 0 aliphatic rings. The Kier molecular flexibility index (Phi) is 7.16. The zero-order valence-corrected chi connectivity index (χ0v) is 15.7. The van der Waals surface area contributed by atoms with Crippen LogP contribution in [0, 0.1) is 0 Å². The summed E-state index contributed by atoms with van der Waals surface area (Å²) in [7, 11) is 0. The lowest BCUT2D eigenvalue weighted by atomic mass is 9.95. The summed E-state index contributed by atoms with van der Waals surface area (Å²) in [5.74, 6) is -0.0533. The lowest BCUT2D eigenvalue weighted by Crippen LogP contribution is -2.45. The molecule has 0 fully saturated rings. The van der Waals surface area contributed by atoms with Crippen molar-refractivity contribution in [2.45, 2.75) is 39.2 Å². The van der Waals surface area contributed by atoms with Crippen LogP contribution < -0.4 is 16.2 Å². The van der Waals surface area contributed by atoms with Crippen molar-refractivity contribution in [3.63, 3.8) is 0 Å². The smallest absolute Gasteiger partial charge is 0.252 e. The number of carbonyl (C=O) groups is 2. The van der Waals surface area contributed by atoms with Crippen LogP contribution in [-0.2, 0) is 9.59 Å². The molecule has 2 amide bonds. The van der Waals surface area contributed by atoms with E-state index >= 15 is 0 Å². The first-order valence-electron chi connectivity index (χ1n) is 8.43. The second-order valence-electron chi connectivity index (χ2n) is 6.03. The van der Waals surface area contributed by atoms with Crippen molar-refractivity contribution in [1.82, 2.24) is 16.2 Å². The molecule has 0 radical (unpaired) electrons. The topological polar surface area (TPSA) is 70.2 Å². The van der Waals surface area contributed by atoms with Crippen molar-refractivity contribution < 1.29 is 9.59 Å². The number of rotatable bonds is 7. The van der Waals surface area contributed by atoms with Crippen LogP contribution >= 0.6 is 11.3 Å². The molecule has 25 heavy (non-hydrogen) atoms. The van der Waals surface area contributed by atoms with Gasteiger partial charge in [0.05, 0.1) is 12.6 Å². The molecule has 1 aromatic heterocycles. The minimum absolute atomic E-state index is 0.0611. The predicted octanol–water partition coefficient (Wildman–Crippen LogP) is 3.11. The third kappa shape index (κ3) is 5.69. The van der Waals surface area contributed by atoms with Gasteiger partial charge in [-0.2, -0.15) is 0 Å². The van der Waals surface area contributed by atoms with Crippen LogP contribution in [0.1, 0.15) is 55.2 Å². The van der Waals surface area contributed by atoms with Crippen molar-refractivity contribution in [2.24, 2.45) is 0 Å². The number of hydrogen-bond donors (Lipinski definition) is 3. The lowest BCUT2D eigenvalue weighted by Gasteiger charge is -2.19. The van der Waals surface area contributed by atoms with E-state index in [1.54, 1.807) is 11.3 Å². The predicted molar refractivity (Wildman–Crippen MR) is 101 cm³/mol. The Hall–Kier alpha value is -2.18. The first-order chi connectivity index (χ1) is 12.0. The average Bonchev–Trinajstić information content (AvgIpc) is 3.14. The zero-order chi connectivity index (χ0) is 18.2. The van der Waals surface area contributed by atoms with Gasteiger partial charge >= 0.3 is 0 Å². The maximum absolute atomic E-state index is 11.9. The normalized spacial score (nSPS) is 13.1. The molecule has 0 unspecified atom stereocenters.